The second kappa shape index (κ2) is 6.36. The Labute approximate surface area is 122 Å². The second-order valence-electron chi connectivity index (χ2n) is 5.10. The minimum atomic E-state index is -1.19. The highest BCUT2D eigenvalue weighted by Gasteiger charge is 2.29. The fourth-order valence-corrected chi connectivity index (χ4v) is 2.56. The average molecular weight is 299 g/mol. The van der Waals surface area contributed by atoms with Crippen LogP contribution in [0.4, 0.5) is 14.5 Å². The van der Waals surface area contributed by atoms with Crippen molar-refractivity contribution in [2.45, 2.75) is 6.04 Å². The van der Waals surface area contributed by atoms with Gasteiger partial charge >= 0.3 is 5.97 Å². The van der Waals surface area contributed by atoms with E-state index in [0.717, 1.165) is 13.7 Å². The van der Waals surface area contributed by atoms with E-state index in [-0.39, 0.29) is 11.7 Å². The van der Waals surface area contributed by atoms with Crippen LogP contribution in [0.1, 0.15) is 10.4 Å². The van der Waals surface area contributed by atoms with Crippen molar-refractivity contribution in [3.63, 3.8) is 0 Å². The maximum atomic E-state index is 14.3. The van der Waals surface area contributed by atoms with Gasteiger partial charge in [0, 0.05) is 26.2 Å². The molecule has 1 heterocycles. The summed E-state index contributed by atoms with van der Waals surface area (Å²) in [5.41, 5.74) is 5.45. The van der Waals surface area contributed by atoms with Crippen molar-refractivity contribution in [2.24, 2.45) is 5.73 Å². The van der Waals surface area contributed by atoms with Crippen LogP contribution in [0.5, 0.6) is 0 Å². The highest BCUT2D eigenvalue weighted by atomic mass is 19.2. The number of ether oxygens (including phenoxy) is 1. The van der Waals surface area contributed by atoms with E-state index >= 15 is 0 Å². The third-order valence-electron chi connectivity index (χ3n) is 3.73. The van der Waals surface area contributed by atoms with Gasteiger partial charge in [0.25, 0.3) is 0 Å². The molecule has 0 radical (unpaired) electrons. The van der Waals surface area contributed by atoms with Crippen LogP contribution in [-0.4, -0.2) is 57.2 Å². The number of hydrogen-bond donors (Lipinski definition) is 1. The number of rotatable bonds is 3. The molecule has 5 nitrogen and oxygen atoms in total. The van der Waals surface area contributed by atoms with E-state index in [1.807, 2.05) is 7.05 Å². The Kier molecular flexibility index (Phi) is 4.74. The van der Waals surface area contributed by atoms with Crippen LogP contribution in [0.15, 0.2) is 12.1 Å². The zero-order valence-corrected chi connectivity index (χ0v) is 12.1. The monoisotopic (exact) mass is 299 g/mol. The summed E-state index contributed by atoms with van der Waals surface area (Å²) in [6.45, 7) is 2.29. The lowest BCUT2D eigenvalue weighted by molar-refractivity contribution is 0.0594. The molecule has 116 valence electrons. The van der Waals surface area contributed by atoms with Crippen molar-refractivity contribution in [3.05, 3.63) is 29.3 Å². The Morgan fingerprint density at radius 1 is 1.38 bits per heavy atom. The highest BCUT2D eigenvalue weighted by molar-refractivity contribution is 5.90. The fraction of sp³-hybridized carbons (Fsp3) is 0.500. The Balaban J connectivity index is 2.36. The quantitative estimate of drug-likeness (QED) is 0.838. The van der Waals surface area contributed by atoms with Gasteiger partial charge in [0.15, 0.2) is 11.6 Å². The molecule has 1 aromatic carbocycles. The first-order valence-electron chi connectivity index (χ1n) is 6.71. The fourth-order valence-electron chi connectivity index (χ4n) is 2.56. The molecule has 1 aliphatic heterocycles. The van der Waals surface area contributed by atoms with Gasteiger partial charge in [-0.3, -0.25) is 0 Å². The van der Waals surface area contributed by atoms with Gasteiger partial charge in [-0.15, -0.1) is 0 Å². The summed E-state index contributed by atoms with van der Waals surface area (Å²) in [5, 5.41) is 0. The molecule has 1 fully saturated rings. The molecule has 0 spiro atoms. The molecule has 2 rings (SSSR count). The highest BCUT2D eigenvalue weighted by Crippen LogP contribution is 2.27. The van der Waals surface area contributed by atoms with Crippen LogP contribution in [0.25, 0.3) is 0 Å². The molecule has 2 N–H and O–H groups in total. The predicted molar refractivity (Wildman–Crippen MR) is 75.4 cm³/mol. The number of halogens is 2. The van der Waals surface area contributed by atoms with Crippen molar-refractivity contribution < 1.29 is 18.3 Å². The zero-order valence-electron chi connectivity index (χ0n) is 12.1. The van der Waals surface area contributed by atoms with Crippen molar-refractivity contribution in [1.82, 2.24) is 4.90 Å². The topological polar surface area (TPSA) is 58.8 Å². The Bertz CT molecular complexity index is 539. The number of nitrogens with zero attached hydrogens (tertiary/aromatic N) is 2. The van der Waals surface area contributed by atoms with Gasteiger partial charge in [-0.2, -0.15) is 0 Å². The molecule has 7 heteroatoms. The first-order chi connectivity index (χ1) is 9.99. The third-order valence-corrected chi connectivity index (χ3v) is 3.73. The largest absolute Gasteiger partial charge is 0.465 e. The Morgan fingerprint density at radius 3 is 2.71 bits per heavy atom. The standard InChI is InChI=1S/C14H19F2N3O2/c1-18-5-6-19(9(7-17)8-18)11-4-3-10(14(20)21-2)12(15)13(11)16/h3-4,9H,5-8,17H2,1-2H3. The molecule has 21 heavy (non-hydrogen) atoms. The van der Waals surface area contributed by atoms with Crippen LogP contribution < -0.4 is 10.6 Å². The third kappa shape index (κ3) is 2.98. The van der Waals surface area contributed by atoms with Crippen LogP contribution in [0.3, 0.4) is 0 Å². The average Bonchev–Trinajstić information content (AvgIpc) is 2.49. The van der Waals surface area contributed by atoms with E-state index in [0.29, 0.717) is 19.6 Å². The maximum Gasteiger partial charge on any atom is 0.340 e. The molecule has 0 saturated carbocycles. The van der Waals surface area contributed by atoms with E-state index in [2.05, 4.69) is 9.64 Å². The van der Waals surface area contributed by atoms with Crippen molar-refractivity contribution in [3.8, 4) is 0 Å². The van der Waals surface area contributed by atoms with Crippen LogP contribution in [-0.2, 0) is 4.74 Å². The number of benzene rings is 1. The van der Waals surface area contributed by atoms with Gasteiger partial charge in [0.1, 0.15) is 0 Å². The first-order valence-corrected chi connectivity index (χ1v) is 6.71. The minimum Gasteiger partial charge on any atom is -0.465 e. The van der Waals surface area contributed by atoms with Gasteiger partial charge in [-0.1, -0.05) is 0 Å². The normalized spacial score (nSPS) is 19.7. The summed E-state index contributed by atoms with van der Waals surface area (Å²) in [7, 11) is 3.08. The Morgan fingerprint density at radius 2 is 2.10 bits per heavy atom. The lowest BCUT2D eigenvalue weighted by Crippen LogP contribution is -2.55. The van der Waals surface area contributed by atoms with Crippen molar-refractivity contribution in [2.75, 3.05) is 45.2 Å². The van der Waals surface area contributed by atoms with Gasteiger partial charge < -0.3 is 20.3 Å². The molecule has 1 atom stereocenters. The molecule has 1 unspecified atom stereocenters. The van der Waals surface area contributed by atoms with Crippen LogP contribution >= 0.6 is 0 Å². The molecule has 1 saturated heterocycles. The number of likely N-dealkylation sites (N-methyl/N-ethyl adjacent to an activating group) is 1. The number of esters is 1. The molecular weight excluding hydrogens is 280 g/mol. The Hall–Kier alpha value is -1.73. The summed E-state index contributed by atoms with van der Waals surface area (Å²) >= 11 is 0. The summed E-state index contributed by atoms with van der Waals surface area (Å²) < 4.78 is 32.7. The van der Waals surface area contributed by atoms with Gasteiger partial charge in [-0.05, 0) is 19.2 Å². The first kappa shape index (κ1) is 15.7. The summed E-state index contributed by atoms with van der Waals surface area (Å²) in [4.78, 5) is 15.2. The smallest absolute Gasteiger partial charge is 0.340 e. The van der Waals surface area contributed by atoms with E-state index in [4.69, 9.17) is 5.73 Å². The SMILES string of the molecule is COC(=O)c1ccc(N2CCN(C)CC2CN)c(F)c1F. The lowest BCUT2D eigenvalue weighted by atomic mass is 10.1. The van der Waals surface area contributed by atoms with Crippen LogP contribution in [0, 0.1) is 11.6 Å². The van der Waals surface area contributed by atoms with Crippen molar-refractivity contribution >= 4 is 11.7 Å². The summed E-state index contributed by atoms with van der Waals surface area (Å²) in [6, 6.07) is 2.55. The number of carbonyl (C=O) groups is 1. The molecule has 0 amide bonds. The summed E-state index contributed by atoms with van der Waals surface area (Å²) in [5.74, 6) is -3.12. The van der Waals surface area contributed by atoms with Crippen molar-refractivity contribution in [1.29, 1.82) is 0 Å². The van der Waals surface area contributed by atoms with Crippen LogP contribution in [0.2, 0.25) is 0 Å². The predicted octanol–water partition coefficient (Wildman–Crippen LogP) is 0.830. The lowest BCUT2D eigenvalue weighted by Gasteiger charge is -2.41. The minimum absolute atomic E-state index is 0.0957. The van der Waals surface area contributed by atoms with Gasteiger partial charge in [0.05, 0.1) is 24.4 Å². The second-order valence-corrected chi connectivity index (χ2v) is 5.10. The van der Waals surface area contributed by atoms with E-state index < -0.39 is 23.2 Å². The molecule has 0 aromatic heterocycles. The maximum absolute atomic E-state index is 14.3. The number of methoxy groups -OCH3 is 1. The summed E-state index contributed by atoms with van der Waals surface area (Å²) in [6.07, 6.45) is 0. The van der Waals surface area contributed by atoms with E-state index in [9.17, 15) is 13.6 Å². The van der Waals surface area contributed by atoms with Gasteiger partial charge in [-0.25, -0.2) is 13.6 Å². The molecular formula is C14H19F2N3O2. The molecule has 0 aliphatic carbocycles. The number of anilines is 1. The molecule has 0 bridgehead atoms. The molecule has 1 aromatic rings. The number of piperazine rings is 1. The van der Waals surface area contributed by atoms with E-state index in [1.54, 1.807) is 4.90 Å². The molecule has 1 aliphatic rings. The van der Waals surface area contributed by atoms with E-state index in [1.165, 1.54) is 12.1 Å². The number of hydrogen-bond acceptors (Lipinski definition) is 5. The number of nitrogens with two attached hydrogens (primary N) is 1. The zero-order chi connectivity index (χ0) is 15.6. The van der Waals surface area contributed by atoms with Gasteiger partial charge in [0.2, 0.25) is 0 Å². The number of carbonyl (C=O) groups excluding carboxylic acids is 1.